The van der Waals surface area contributed by atoms with Crippen LogP contribution in [-0.4, -0.2) is 107 Å². The van der Waals surface area contributed by atoms with Crippen LogP contribution in [0.5, 0.6) is 0 Å². The topological polar surface area (TPSA) is 132 Å². The number of aromatic amines is 1. The van der Waals surface area contributed by atoms with E-state index in [-0.39, 0.29) is 11.8 Å². The molecule has 0 bridgehead atoms. The van der Waals surface area contributed by atoms with Crippen molar-refractivity contribution in [3.05, 3.63) is 42.5 Å². The molecule has 2 fully saturated rings. The molecule has 12 nitrogen and oxygen atoms in total. The molecule has 2 aliphatic rings. The molecular weight excluding hydrogens is 484 g/mol. The van der Waals surface area contributed by atoms with E-state index in [1.54, 1.807) is 17.3 Å². The van der Waals surface area contributed by atoms with Crippen LogP contribution in [0.25, 0.3) is 27.8 Å². The van der Waals surface area contributed by atoms with Crippen molar-refractivity contribution in [2.24, 2.45) is 0 Å². The van der Waals surface area contributed by atoms with Crippen molar-refractivity contribution < 1.29 is 18.3 Å². The second-order valence-corrected chi connectivity index (χ2v) is 9.80. The zero-order valence-corrected chi connectivity index (χ0v) is 20.4. The molecule has 1 aromatic carbocycles. The van der Waals surface area contributed by atoms with Crippen LogP contribution in [0.15, 0.2) is 36.8 Å². The Kier molecular flexibility index (Phi) is 6.13. The number of hydrogen-bond acceptors (Lipinski definition) is 8. The van der Waals surface area contributed by atoms with E-state index in [1.807, 2.05) is 33.7 Å². The Morgan fingerprint density at radius 1 is 1.08 bits per heavy atom. The van der Waals surface area contributed by atoms with Gasteiger partial charge in [-0.2, -0.15) is 5.10 Å². The van der Waals surface area contributed by atoms with Crippen molar-refractivity contribution in [2.45, 2.75) is 0 Å². The molecule has 2 N–H and O–H groups in total. The Morgan fingerprint density at radius 2 is 1.89 bits per heavy atom. The quantitative estimate of drug-likeness (QED) is 0.378. The molecule has 13 heteroatoms. The zero-order chi connectivity index (χ0) is 24.6. The Labute approximate surface area is 209 Å². The van der Waals surface area contributed by atoms with Gasteiger partial charge >= 0.3 is 0 Å². The summed E-state index contributed by atoms with van der Waals surface area (Å²) in [5.74, 6) is 0.650. The molecule has 5 heterocycles. The summed E-state index contributed by atoms with van der Waals surface area (Å²) < 4.78 is 27.7. The first-order valence-corrected chi connectivity index (χ1v) is 13.1. The van der Waals surface area contributed by atoms with Gasteiger partial charge in [0.1, 0.15) is 11.6 Å². The number of morpholine rings is 1. The standard InChI is InChI=1S/C23H26N8O4S/c32-23(30-6-4-28(5-7-30)15-36(33)34)20-14-31-13-19(16-2-1-3-18-17(16)12-24-27-18)25-21(22(31)26-20)29-8-10-35-11-9-29/h1-3,12-14H,4-11,15H2,(H,24,27)(H,33,34). The van der Waals surface area contributed by atoms with Gasteiger partial charge in [-0.05, 0) is 6.07 Å². The van der Waals surface area contributed by atoms with Crippen LogP contribution < -0.4 is 4.90 Å². The van der Waals surface area contributed by atoms with Gasteiger partial charge < -0.3 is 23.5 Å². The summed E-state index contributed by atoms with van der Waals surface area (Å²) >= 11 is -1.88. The third kappa shape index (κ3) is 4.34. The number of anilines is 1. The molecule has 1 amide bonds. The van der Waals surface area contributed by atoms with E-state index in [4.69, 9.17) is 19.3 Å². The van der Waals surface area contributed by atoms with E-state index in [0.29, 0.717) is 69.6 Å². The Hall–Kier alpha value is -3.39. The van der Waals surface area contributed by atoms with Gasteiger partial charge in [-0.15, -0.1) is 0 Å². The number of hydrogen-bond donors (Lipinski definition) is 2. The summed E-state index contributed by atoms with van der Waals surface area (Å²) in [7, 11) is 0. The van der Waals surface area contributed by atoms with E-state index in [1.165, 1.54) is 0 Å². The zero-order valence-electron chi connectivity index (χ0n) is 19.5. The first-order valence-electron chi connectivity index (χ1n) is 11.8. The number of imidazole rings is 1. The number of carbonyl (C=O) groups is 1. The highest BCUT2D eigenvalue weighted by atomic mass is 32.2. The lowest BCUT2D eigenvalue weighted by Gasteiger charge is -2.33. The smallest absolute Gasteiger partial charge is 0.274 e. The van der Waals surface area contributed by atoms with Gasteiger partial charge in [0.05, 0.1) is 30.6 Å². The maximum Gasteiger partial charge on any atom is 0.274 e. The Balaban J connectivity index is 1.37. The number of fused-ring (bicyclic) bond motifs is 2. The van der Waals surface area contributed by atoms with Crippen LogP contribution >= 0.6 is 0 Å². The third-order valence-corrected chi connectivity index (χ3v) is 7.25. The number of piperazine rings is 1. The lowest BCUT2D eigenvalue weighted by molar-refractivity contribution is 0.0651. The SMILES string of the molecule is O=C(c1cn2cc(-c3cccc4[nH]ncc34)nc(N3CCOCC3)c2n1)N1CCN(CS(=O)O)CC1. The minimum atomic E-state index is -1.88. The summed E-state index contributed by atoms with van der Waals surface area (Å²) in [5, 5.41) is 8.15. The minimum absolute atomic E-state index is 0.0944. The lowest BCUT2D eigenvalue weighted by atomic mass is 10.1. The highest BCUT2D eigenvalue weighted by molar-refractivity contribution is 7.79. The molecule has 0 radical (unpaired) electrons. The second kappa shape index (κ2) is 9.58. The van der Waals surface area contributed by atoms with Gasteiger partial charge in [-0.3, -0.25) is 14.8 Å². The number of H-pyrrole nitrogens is 1. The van der Waals surface area contributed by atoms with Crippen molar-refractivity contribution in [2.75, 3.05) is 63.3 Å². The molecular formula is C23H26N8O4S. The monoisotopic (exact) mass is 510 g/mol. The fourth-order valence-corrected chi connectivity index (χ4v) is 5.36. The fraction of sp³-hybridized carbons (Fsp3) is 0.391. The molecule has 2 aliphatic heterocycles. The van der Waals surface area contributed by atoms with Gasteiger partial charge in [-0.1, -0.05) is 12.1 Å². The summed E-state index contributed by atoms with van der Waals surface area (Å²) in [6, 6.07) is 5.95. The number of benzene rings is 1. The third-order valence-electron chi connectivity index (χ3n) is 6.66. The Morgan fingerprint density at radius 3 is 2.67 bits per heavy atom. The molecule has 0 aliphatic carbocycles. The lowest BCUT2D eigenvalue weighted by Crippen LogP contribution is -2.49. The highest BCUT2D eigenvalue weighted by Crippen LogP contribution is 2.30. The number of rotatable bonds is 5. The number of aromatic nitrogens is 5. The maximum absolute atomic E-state index is 13.3. The number of amides is 1. The van der Waals surface area contributed by atoms with Crippen LogP contribution in [0.3, 0.4) is 0 Å². The molecule has 6 rings (SSSR count). The van der Waals surface area contributed by atoms with Gasteiger partial charge in [0.2, 0.25) is 0 Å². The predicted molar refractivity (Wildman–Crippen MR) is 134 cm³/mol. The van der Waals surface area contributed by atoms with Gasteiger partial charge in [0, 0.05) is 62.6 Å². The van der Waals surface area contributed by atoms with Crippen molar-refractivity contribution in [1.82, 2.24) is 34.4 Å². The fourth-order valence-electron chi connectivity index (χ4n) is 4.79. The predicted octanol–water partition coefficient (Wildman–Crippen LogP) is 1.05. The summed E-state index contributed by atoms with van der Waals surface area (Å²) in [4.78, 5) is 28.8. The highest BCUT2D eigenvalue weighted by Gasteiger charge is 2.26. The largest absolute Gasteiger partial charge is 0.378 e. The molecule has 36 heavy (non-hydrogen) atoms. The Bertz CT molecular complexity index is 1440. The summed E-state index contributed by atoms with van der Waals surface area (Å²) in [6.07, 6.45) is 5.45. The molecule has 4 aromatic rings. The van der Waals surface area contributed by atoms with E-state index in [9.17, 15) is 9.00 Å². The van der Waals surface area contributed by atoms with Crippen LogP contribution in [0.2, 0.25) is 0 Å². The number of nitrogens with zero attached hydrogens (tertiary/aromatic N) is 7. The van der Waals surface area contributed by atoms with Gasteiger partial charge in [-0.25, -0.2) is 14.2 Å². The van der Waals surface area contributed by atoms with Gasteiger partial charge in [0.15, 0.2) is 22.5 Å². The number of nitrogens with one attached hydrogen (secondary N) is 1. The summed E-state index contributed by atoms with van der Waals surface area (Å²) in [5.41, 5.74) is 3.60. The molecule has 1 unspecified atom stereocenters. The van der Waals surface area contributed by atoms with E-state index in [2.05, 4.69) is 15.1 Å². The van der Waals surface area contributed by atoms with E-state index in [0.717, 1.165) is 22.2 Å². The average Bonchev–Trinajstić information content (AvgIpc) is 3.55. The van der Waals surface area contributed by atoms with Crippen molar-refractivity contribution in [1.29, 1.82) is 0 Å². The van der Waals surface area contributed by atoms with Gasteiger partial charge in [0.25, 0.3) is 5.91 Å². The van der Waals surface area contributed by atoms with Crippen LogP contribution in [0, 0.1) is 0 Å². The van der Waals surface area contributed by atoms with E-state index >= 15 is 0 Å². The normalized spacial score (nSPS) is 18.2. The molecule has 1 atom stereocenters. The van der Waals surface area contributed by atoms with Crippen molar-refractivity contribution in [3.8, 4) is 11.3 Å². The van der Waals surface area contributed by atoms with Crippen molar-refractivity contribution >= 4 is 39.4 Å². The van der Waals surface area contributed by atoms with Crippen LogP contribution in [0.1, 0.15) is 10.5 Å². The molecule has 0 spiro atoms. The second-order valence-electron chi connectivity index (χ2n) is 8.90. The first-order chi connectivity index (χ1) is 17.6. The number of carbonyl (C=O) groups excluding carboxylic acids is 1. The first kappa shape index (κ1) is 23.0. The molecule has 188 valence electrons. The maximum atomic E-state index is 13.3. The number of ether oxygens (including phenoxy) is 1. The minimum Gasteiger partial charge on any atom is -0.378 e. The van der Waals surface area contributed by atoms with Crippen LogP contribution in [-0.2, 0) is 15.8 Å². The van der Waals surface area contributed by atoms with Crippen molar-refractivity contribution in [3.63, 3.8) is 0 Å². The molecule has 2 saturated heterocycles. The van der Waals surface area contributed by atoms with Crippen LogP contribution in [0.4, 0.5) is 5.82 Å². The van der Waals surface area contributed by atoms with E-state index < -0.39 is 11.1 Å². The average molecular weight is 511 g/mol. The molecule has 0 saturated carbocycles. The summed E-state index contributed by atoms with van der Waals surface area (Å²) in [6.45, 7) is 4.63. The molecule has 3 aromatic heterocycles.